The van der Waals surface area contributed by atoms with Crippen molar-refractivity contribution in [1.29, 1.82) is 0 Å². The number of nitrogens with zero attached hydrogens (tertiary/aromatic N) is 3. The van der Waals surface area contributed by atoms with Crippen molar-refractivity contribution < 1.29 is 14.5 Å². The van der Waals surface area contributed by atoms with Gasteiger partial charge in [0.15, 0.2) is 6.61 Å². The minimum absolute atomic E-state index is 0.120. The van der Waals surface area contributed by atoms with Crippen molar-refractivity contribution in [3.63, 3.8) is 0 Å². The number of carbonyl (C=O) groups is 1. The van der Waals surface area contributed by atoms with Crippen LogP contribution in [0.4, 0.5) is 23.0 Å². The first kappa shape index (κ1) is 21.1. The first-order chi connectivity index (χ1) is 14.4. The summed E-state index contributed by atoms with van der Waals surface area (Å²) in [5, 5.41) is 15.0. The van der Waals surface area contributed by atoms with E-state index in [1.165, 1.54) is 18.2 Å². The van der Waals surface area contributed by atoms with Crippen molar-refractivity contribution >= 4 is 52.1 Å². The van der Waals surface area contributed by atoms with Gasteiger partial charge in [0.1, 0.15) is 12.1 Å². The highest BCUT2D eigenvalue weighted by molar-refractivity contribution is 6.35. The van der Waals surface area contributed by atoms with Gasteiger partial charge in [-0.15, -0.1) is 0 Å². The van der Waals surface area contributed by atoms with Crippen molar-refractivity contribution in [2.75, 3.05) is 17.3 Å². The zero-order valence-corrected chi connectivity index (χ0v) is 16.6. The van der Waals surface area contributed by atoms with E-state index in [2.05, 4.69) is 26.1 Å². The van der Waals surface area contributed by atoms with Gasteiger partial charge >= 0.3 is 5.69 Å². The average molecular weight is 449 g/mol. The molecule has 1 aromatic heterocycles. The number of hydrogen-bond donors (Lipinski definition) is 3. The molecule has 1 amide bonds. The van der Waals surface area contributed by atoms with Crippen molar-refractivity contribution in [2.45, 2.75) is 0 Å². The number of nitro groups is 1. The second kappa shape index (κ2) is 9.72. The second-order valence-corrected chi connectivity index (χ2v) is 6.61. The predicted molar refractivity (Wildman–Crippen MR) is 112 cm³/mol. The highest BCUT2D eigenvalue weighted by atomic mass is 35.5. The summed E-state index contributed by atoms with van der Waals surface area (Å²) in [6.07, 6.45) is 1.09. The highest BCUT2D eigenvalue weighted by Gasteiger charge is 2.24. The Balaban J connectivity index is 1.71. The first-order valence-corrected chi connectivity index (χ1v) is 9.13. The molecule has 0 saturated heterocycles. The van der Waals surface area contributed by atoms with Crippen molar-refractivity contribution in [3.8, 4) is 5.75 Å². The van der Waals surface area contributed by atoms with Crippen LogP contribution in [0.25, 0.3) is 0 Å². The third kappa shape index (κ3) is 5.69. The summed E-state index contributed by atoms with van der Waals surface area (Å²) in [6, 6.07) is 13.3. The van der Waals surface area contributed by atoms with E-state index in [-0.39, 0.29) is 18.2 Å². The maximum Gasteiger partial charge on any atom is 0.355 e. The maximum absolute atomic E-state index is 12.0. The number of halogens is 2. The summed E-state index contributed by atoms with van der Waals surface area (Å²) in [6.45, 7) is -0.304. The van der Waals surface area contributed by atoms with Crippen LogP contribution in [0, 0.1) is 10.1 Å². The van der Waals surface area contributed by atoms with Gasteiger partial charge in [0.25, 0.3) is 5.91 Å². The molecule has 2 aromatic carbocycles. The highest BCUT2D eigenvalue weighted by Crippen LogP contribution is 2.32. The Morgan fingerprint density at radius 3 is 2.40 bits per heavy atom. The lowest BCUT2D eigenvalue weighted by molar-refractivity contribution is -0.383. The van der Waals surface area contributed by atoms with Gasteiger partial charge in [-0.05, 0) is 30.3 Å². The van der Waals surface area contributed by atoms with Crippen LogP contribution in [0.5, 0.6) is 5.75 Å². The Morgan fingerprint density at radius 2 is 1.73 bits per heavy atom. The van der Waals surface area contributed by atoms with E-state index in [0.29, 0.717) is 21.5 Å². The van der Waals surface area contributed by atoms with Crippen LogP contribution in [0.3, 0.4) is 0 Å². The molecule has 0 spiro atoms. The maximum atomic E-state index is 12.0. The summed E-state index contributed by atoms with van der Waals surface area (Å²) in [7, 11) is 0. The molecule has 0 unspecified atom stereocenters. The van der Waals surface area contributed by atoms with Gasteiger partial charge in [-0.2, -0.15) is 0 Å². The summed E-state index contributed by atoms with van der Waals surface area (Å²) in [5.74, 6) is -0.403. The smallest absolute Gasteiger partial charge is 0.355 e. The normalized spacial score (nSPS) is 10.2. The number of amides is 1. The summed E-state index contributed by atoms with van der Waals surface area (Å²) < 4.78 is 5.30. The van der Waals surface area contributed by atoms with Crippen LogP contribution in [0.2, 0.25) is 10.0 Å². The molecular formula is C18H14Cl2N6O4. The zero-order chi connectivity index (χ0) is 21.5. The van der Waals surface area contributed by atoms with Crippen LogP contribution < -0.4 is 20.9 Å². The number of para-hydroxylation sites is 1. The van der Waals surface area contributed by atoms with E-state index in [1.54, 1.807) is 24.3 Å². The molecule has 0 aliphatic carbocycles. The number of carbonyl (C=O) groups excluding carboxylic acids is 1. The molecule has 30 heavy (non-hydrogen) atoms. The van der Waals surface area contributed by atoms with E-state index < -0.39 is 16.5 Å². The number of aromatic nitrogens is 2. The number of anilines is 3. The number of hydrazine groups is 1. The van der Waals surface area contributed by atoms with E-state index in [4.69, 9.17) is 27.9 Å². The van der Waals surface area contributed by atoms with Gasteiger partial charge in [-0.25, -0.2) is 9.97 Å². The van der Waals surface area contributed by atoms with Crippen LogP contribution in [-0.2, 0) is 4.79 Å². The molecule has 0 aliphatic heterocycles. The molecule has 0 saturated carbocycles. The molecule has 154 valence electrons. The number of rotatable bonds is 8. The SMILES string of the molecule is O=C(COc1ccccc1)NNc1ncnc(Nc2cc(Cl)cc(Cl)c2)c1[N+](=O)[O-]. The third-order valence-electron chi connectivity index (χ3n) is 3.56. The monoisotopic (exact) mass is 448 g/mol. The summed E-state index contributed by atoms with van der Waals surface area (Å²) in [4.78, 5) is 30.6. The van der Waals surface area contributed by atoms with E-state index in [9.17, 15) is 14.9 Å². The van der Waals surface area contributed by atoms with Gasteiger partial charge < -0.3 is 10.1 Å². The Bertz CT molecular complexity index is 1050. The van der Waals surface area contributed by atoms with Crippen molar-refractivity contribution in [3.05, 3.63) is 75.0 Å². The van der Waals surface area contributed by atoms with Gasteiger partial charge in [-0.1, -0.05) is 41.4 Å². The second-order valence-electron chi connectivity index (χ2n) is 5.73. The molecular weight excluding hydrogens is 435 g/mol. The topological polar surface area (TPSA) is 131 Å². The average Bonchev–Trinajstić information content (AvgIpc) is 2.70. The fraction of sp³-hybridized carbons (Fsp3) is 0.0556. The molecule has 1 heterocycles. The summed E-state index contributed by atoms with van der Waals surface area (Å²) in [5.41, 5.74) is 4.61. The molecule has 3 aromatic rings. The molecule has 3 N–H and O–H groups in total. The Morgan fingerprint density at radius 1 is 1.07 bits per heavy atom. The predicted octanol–water partition coefficient (Wildman–Crippen LogP) is 3.96. The lowest BCUT2D eigenvalue weighted by atomic mass is 10.3. The van der Waals surface area contributed by atoms with Crippen molar-refractivity contribution in [2.24, 2.45) is 0 Å². The third-order valence-corrected chi connectivity index (χ3v) is 4.00. The summed E-state index contributed by atoms with van der Waals surface area (Å²) >= 11 is 11.9. The van der Waals surface area contributed by atoms with E-state index in [1.807, 2.05) is 6.07 Å². The molecule has 0 aliphatic rings. The molecule has 0 bridgehead atoms. The van der Waals surface area contributed by atoms with Gasteiger partial charge in [0.2, 0.25) is 11.6 Å². The lowest BCUT2D eigenvalue weighted by Gasteiger charge is -2.11. The fourth-order valence-corrected chi connectivity index (χ4v) is 2.85. The molecule has 0 radical (unpaired) electrons. The van der Waals surface area contributed by atoms with Crippen LogP contribution in [-0.4, -0.2) is 27.4 Å². The number of ether oxygens (including phenoxy) is 1. The minimum Gasteiger partial charge on any atom is -0.484 e. The Hall–Kier alpha value is -3.63. The molecule has 12 heteroatoms. The van der Waals surface area contributed by atoms with E-state index in [0.717, 1.165) is 6.33 Å². The lowest BCUT2D eigenvalue weighted by Crippen LogP contribution is -2.34. The Kier molecular flexibility index (Phi) is 6.83. The quantitative estimate of drug-likeness (QED) is 0.348. The number of hydrogen-bond acceptors (Lipinski definition) is 8. The largest absolute Gasteiger partial charge is 0.484 e. The van der Waals surface area contributed by atoms with Gasteiger partial charge in [0.05, 0.1) is 4.92 Å². The van der Waals surface area contributed by atoms with E-state index >= 15 is 0 Å². The standard InChI is InChI=1S/C18H14Cl2N6O4/c19-11-6-12(20)8-13(7-11)23-17-16(26(28)29)18(22-10-21-17)25-24-15(27)9-30-14-4-2-1-3-5-14/h1-8,10H,9H2,(H,24,27)(H2,21,22,23,25). The Labute approximate surface area is 180 Å². The minimum atomic E-state index is -0.691. The molecule has 10 nitrogen and oxygen atoms in total. The zero-order valence-electron chi connectivity index (χ0n) is 15.1. The molecule has 0 atom stereocenters. The van der Waals surface area contributed by atoms with Gasteiger partial charge in [0, 0.05) is 15.7 Å². The van der Waals surface area contributed by atoms with Crippen LogP contribution in [0.1, 0.15) is 0 Å². The van der Waals surface area contributed by atoms with Crippen molar-refractivity contribution in [1.82, 2.24) is 15.4 Å². The fourth-order valence-electron chi connectivity index (χ4n) is 2.33. The number of benzene rings is 2. The first-order valence-electron chi connectivity index (χ1n) is 8.37. The molecule has 0 fully saturated rings. The molecule has 3 rings (SSSR count). The van der Waals surface area contributed by atoms with Crippen LogP contribution in [0.15, 0.2) is 54.9 Å². The number of nitrogens with one attached hydrogen (secondary N) is 3. The van der Waals surface area contributed by atoms with Crippen LogP contribution >= 0.6 is 23.2 Å². The van der Waals surface area contributed by atoms with Gasteiger partial charge in [-0.3, -0.25) is 25.8 Å².